The lowest BCUT2D eigenvalue weighted by Crippen LogP contribution is -2.38. The van der Waals surface area contributed by atoms with Crippen molar-refractivity contribution in [2.45, 2.75) is 12.5 Å². The van der Waals surface area contributed by atoms with Crippen LogP contribution in [-0.4, -0.2) is 19.1 Å². The molecule has 4 nitrogen and oxygen atoms in total. The molecule has 0 bridgehead atoms. The molecule has 0 spiro atoms. The Morgan fingerprint density at radius 2 is 2.27 bits per heavy atom. The molecule has 1 rings (SSSR count). The normalized spacial score (nSPS) is 12.2. The molecule has 0 fully saturated rings. The Morgan fingerprint density at radius 1 is 1.60 bits per heavy atom. The zero-order valence-corrected chi connectivity index (χ0v) is 9.12. The third kappa shape index (κ3) is 3.11. The first kappa shape index (κ1) is 11.8. The first-order valence-electron chi connectivity index (χ1n) is 4.42. The number of ether oxygens (including phenoxy) is 1. The van der Waals surface area contributed by atoms with Crippen molar-refractivity contribution in [2.75, 3.05) is 7.11 Å². The maximum Gasteiger partial charge on any atom is 0.234 e. The fourth-order valence-corrected chi connectivity index (χ4v) is 1.41. The van der Waals surface area contributed by atoms with Crippen LogP contribution in [-0.2, 0) is 11.2 Å². The molecule has 1 unspecified atom stereocenters. The summed E-state index contributed by atoms with van der Waals surface area (Å²) in [5.41, 5.74) is 11.4. The molecule has 1 aromatic carbocycles. The minimum atomic E-state index is -0.712. The highest BCUT2D eigenvalue weighted by Gasteiger charge is 2.12. The number of rotatable bonds is 4. The highest BCUT2D eigenvalue weighted by Crippen LogP contribution is 2.23. The average Bonchev–Trinajstić information content (AvgIpc) is 2.20. The van der Waals surface area contributed by atoms with E-state index in [0.717, 1.165) is 5.56 Å². The number of hydrogen-bond donors (Lipinski definition) is 2. The third-order valence-electron chi connectivity index (χ3n) is 2.07. The Balaban J connectivity index is 2.82. The zero-order valence-electron chi connectivity index (χ0n) is 8.37. The van der Waals surface area contributed by atoms with Gasteiger partial charge in [-0.05, 0) is 24.1 Å². The Labute approximate surface area is 93.1 Å². The van der Waals surface area contributed by atoms with E-state index in [1.165, 1.54) is 0 Å². The Hall–Kier alpha value is -1.26. The van der Waals surface area contributed by atoms with E-state index in [1.54, 1.807) is 25.3 Å². The van der Waals surface area contributed by atoms with Crippen molar-refractivity contribution in [3.63, 3.8) is 0 Å². The second-order valence-corrected chi connectivity index (χ2v) is 3.58. The molecule has 15 heavy (non-hydrogen) atoms. The summed E-state index contributed by atoms with van der Waals surface area (Å²) in [5, 5.41) is 0.519. The van der Waals surface area contributed by atoms with Crippen LogP contribution in [0.4, 0.5) is 0 Å². The van der Waals surface area contributed by atoms with Gasteiger partial charge in [-0.3, -0.25) is 4.79 Å². The van der Waals surface area contributed by atoms with E-state index in [1.807, 2.05) is 0 Å². The van der Waals surface area contributed by atoms with Crippen molar-refractivity contribution >= 4 is 17.5 Å². The van der Waals surface area contributed by atoms with E-state index in [4.69, 9.17) is 27.8 Å². The van der Waals surface area contributed by atoms with Gasteiger partial charge in [-0.15, -0.1) is 0 Å². The zero-order chi connectivity index (χ0) is 11.4. The molecule has 0 saturated carbocycles. The highest BCUT2D eigenvalue weighted by atomic mass is 35.5. The van der Waals surface area contributed by atoms with E-state index in [2.05, 4.69) is 0 Å². The van der Waals surface area contributed by atoms with Gasteiger partial charge in [0.2, 0.25) is 5.91 Å². The molecule has 4 N–H and O–H groups in total. The molecule has 0 aliphatic heterocycles. The van der Waals surface area contributed by atoms with Crippen molar-refractivity contribution in [3.05, 3.63) is 28.8 Å². The van der Waals surface area contributed by atoms with Crippen LogP contribution in [0.2, 0.25) is 5.02 Å². The summed E-state index contributed by atoms with van der Waals surface area (Å²) in [6.45, 7) is 0. The van der Waals surface area contributed by atoms with E-state index >= 15 is 0 Å². The van der Waals surface area contributed by atoms with Gasteiger partial charge in [0, 0.05) is 5.02 Å². The standard InChI is InChI=1S/C10H13ClN2O2/c1-15-7-3-2-6(8(11)5-7)4-9(12)10(13)14/h2-3,5,9H,4,12H2,1H3,(H2,13,14). The Bertz CT molecular complexity index is 368. The van der Waals surface area contributed by atoms with Crippen LogP contribution in [0.5, 0.6) is 5.75 Å². The van der Waals surface area contributed by atoms with E-state index < -0.39 is 11.9 Å². The molecule has 1 aromatic rings. The number of carbonyl (C=O) groups is 1. The molecule has 1 atom stereocenters. The summed E-state index contributed by atoms with van der Waals surface area (Å²) in [4.78, 5) is 10.8. The molecule has 0 aliphatic carbocycles. The first-order valence-corrected chi connectivity index (χ1v) is 4.79. The van der Waals surface area contributed by atoms with Crippen molar-refractivity contribution in [1.82, 2.24) is 0 Å². The molecule has 0 aromatic heterocycles. The Morgan fingerprint density at radius 3 is 2.73 bits per heavy atom. The number of benzene rings is 1. The summed E-state index contributed by atoms with van der Waals surface area (Å²) >= 11 is 5.97. The average molecular weight is 229 g/mol. The summed E-state index contributed by atoms with van der Waals surface area (Å²) in [6, 6.07) is 4.49. The lowest BCUT2D eigenvalue weighted by atomic mass is 10.1. The topological polar surface area (TPSA) is 78.3 Å². The number of halogens is 1. The number of methoxy groups -OCH3 is 1. The fourth-order valence-electron chi connectivity index (χ4n) is 1.16. The number of carbonyl (C=O) groups excluding carboxylic acids is 1. The second kappa shape index (κ2) is 5.00. The molecule has 0 saturated heterocycles. The number of nitrogens with two attached hydrogens (primary N) is 2. The van der Waals surface area contributed by atoms with Crippen LogP contribution in [0.3, 0.4) is 0 Å². The van der Waals surface area contributed by atoms with Crippen LogP contribution in [0, 0.1) is 0 Å². The van der Waals surface area contributed by atoms with Gasteiger partial charge >= 0.3 is 0 Å². The highest BCUT2D eigenvalue weighted by molar-refractivity contribution is 6.31. The molecule has 82 valence electrons. The minimum Gasteiger partial charge on any atom is -0.497 e. The van der Waals surface area contributed by atoms with E-state index in [-0.39, 0.29) is 0 Å². The molecular weight excluding hydrogens is 216 g/mol. The quantitative estimate of drug-likeness (QED) is 0.797. The van der Waals surface area contributed by atoms with Crippen LogP contribution in [0.1, 0.15) is 5.56 Å². The van der Waals surface area contributed by atoms with Crippen molar-refractivity contribution in [2.24, 2.45) is 11.5 Å². The fraction of sp³-hybridized carbons (Fsp3) is 0.300. The van der Waals surface area contributed by atoms with E-state index in [9.17, 15) is 4.79 Å². The van der Waals surface area contributed by atoms with Crippen molar-refractivity contribution < 1.29 is 9.53 Å². The third-order valence-corrected chi connectivity index (χ3v) is 2.42. The van der Waals surface area contributed by atoms with Gasteiger partial charge in [-0.2, -0.15) is 0 Å². The first-order chi connectivity index (χ1) is 7.04. The van der Waals surface area contributed by atoms with Gasteiger partial charge in [0.15, 0.2) is 0 Å². The van der Waals surface area contributed by atoms with Gasteiger partial charge in [-0.25, -0.2) is 0 Å². The van der Waals surface area contributed by atoms with Crippen molar-refractivity contribution in [3.8, 4) is 5.75 Å². The number of amides is 1. The number of hydrogen-bond acceptors (Lipinski definition) is 3. The second-order valence-electron chi connectivity index (χ2n) is 3.17. The van der Waals surface area contributed by atoms with Gasteiger partial charge in [-0.1, -0.05) is 17.7 Å². The smallest absolute Gasteiger partial charge is 0.234 e. The largest absolute Gasteiger partial charge is 0.497 e. The maximum absolute atomic E-state index is 10.8. The van der Waals surface area contributed by atoms with Crippen LogP contribution in [0.15, 0.2) is 18.2 Å². The minimum absolute atomic E-state index is 0.332. The molecule has 0 radical (unpaired) electrons. The van der Waals surface area contributed by atoms with Gasteiger partial charge in [0.25, 0.3) is 0 Å². The maximum atomic E-state index is 10.8. The molecular formula is C10H13ClN2O2. The van der Waals surface area contributed by atoms with Gasteiger partial charge in [0.05, 0.1) is 13.2 Å². The van der Waals surface area contributed by atoms with Crippen LogP contribution < -0.4 is 16.2 Å². The lowest BCUT2D eigenvalue weighted by Gasteiger charge is -2.10. The van der Waals surface area contributed by atoms with Crippen molar-refractivity contribution in [1.29, 1.82) is 0 Å². The summed E-state index contributed by atoms with van der Waals surface area (Å²) in [6.07, 6.45) is 0.332. The van der Waals surface area contributed by atoms with Crippen LogP contribution >= 0.6 is 11.6 Å². The van der Waals surface area contributed by atoms with Gasteiger partial charge in [0.1, 0.15) is 5.75 Å². The summed E-state index contributed by atoms with van der Waals surface area (Å²) in [7, 11) is 1.56. The lowest BCUT2D eigenvalue weighted by molar-refractivity contribution is -0.119. The summed E-state index contributed by atoms with van der Waals surface area (Å²) < 4.78 is 5.00. The predicted molar refractivity (Wildman–Crippen MR) is 58.9 cm³/mol. The molecule has 1 amide bonds. The molecule has 5 heteroatoms. The Kier molecular flexibility index (Phi) is 3.94. The number of primary amides is 1. The van der Waals surface area contributed by atoms with E-state index in [0.29, 0.717) is 17.2 Å². The summed E-state index contributed by atoms with van der Waals surface area (Å²) in [5.74, 6) is 0.123. The molecule has 0 heterocycles. The van der Waals surface area contributed by atoms with Crippen LogP contribution in [0.25, 0.3) is 0 Å². The SMILES string of the molecule is COc1ccc(CC(N)C(N)=O)c(Cl)c1. The monoisotopic (exact) mass is 228 g/mol. The predicted octanol–water partition coefficient (Wildman–Crippen LogP) is 0.704. The van der Waals surface area contributed by atoms with Gasteiger partial charge < -0.3 is 16.2 Å². The molecule has 0 aliphatic rings.